The second kappa shape index (κ2) is 8.38. The van der Waals surface area contributed by atoms with Gasteiger partial charge in [-0.25, -0.2) is 4.99 Å². The van der Waals surface area contributed by atoms with Crippen molar-refractivity contribution in [2.45, 2.75) is 18.6 Å². The number of hydrogen-bond acceptors (Lipinski definition) is 4. The van der Waals surface area contributed by atoms with Crippen LogP contribution in [0.4, 0.5) is 11.4 Å². The summed E-state index contributed by atoms with van der Waals surface area (Å²) in [4.78, 5) is 31.3. The molecule has 3 rings (SSSR count). The third kappa shape index (κ3) is 4.45. The fourth-order valence-electron chi connectivity index (χ4n) is 2.55. The Balaban J connectivity index is 1.80. The minimum atomic E-state index is -0.535. The number of anilines is 1. The van der Waals surface area contributed by atoms with Gasteiger partial charge in [-0.1, -0.05) is 47.6 Å². The van der Waals surface area contributed by atoms with Crippen LogP contribution in [0.1, 0.15) is 13.3 Å². The van der Waals surface area contributed by atoms with Crippen LogP contribution in [-0.4, -0.2) is 33.7 Å². The van der Waals surface area contributed by atoms with Crippen LogP contribution in [0, 0.1) is 0 Å². The molecule has 5 nitrogen and oxygen atoms in total. The van der Waals surface area contributed by atoms with E-state index in [9.17, 15) is 9.59 Å². The smallest absolute Gasteiger partial charge is 0.238 e. The van der Waals surface area contributed by atoms with Gasteiger partial charge in [0.1, 0.15) is 5.25 Å². The number of carbonyl (C=O) groups is 2. The molecule has 1 fully saturated rings. The number of carbonyl (C=O) groups excluding carboxylic acids is 2. The number of amides is 2. The fourth-order valence-corrected chi connectivity index (χ4v) is 3.91. The average molecular weight is 388 g/mol. The maximum absolute atomic E-state index is 12.6. The van der Waals surface area contributed by atoms with Gasteiger partial charge in [0, 0.05) is 23.7 Å². The van der Waals surface area contributed by atoms with Crippen molar-refractivity contribution in [1.29, 1.82) is 0 Å². The molecule has 0 bridgehead atoms. The van der Waals surface area contributed by atoms with E-state index in [1.54, 1.807) is 29.2 Å². The van der Waals surface area contributed by atoms with Crippen molar-refractivity contribution in [3.05, 3.63) is 59.6 Å². The number of aliphatic imine (C=N–C) groups is 1. The number of para-hydroxylation sites is 1. The zero-order valence-corrected chi connectivity index (χ0v) is 15.8. The van der Waals surface area contributed by atoms with Gasteiger partial charge in [-0.2, -0.15) is 0 Å². The molecule has 134 valence electrons. The summed E-state index contributed by atoms with van der Waals surface area (Å²) in [5.41, 5.74) is 1.35. The Morgan fingerprint density at radius 3 is 2.73 bits per heavy atom. The van der Waals surface area contributed by atoms with Crippen LogP contribution in [0.2, 0.25) is 5.02 Å². The van der Waals surface area contributed by atoms with Crippen LogP contribution in [0.15, 0.2) is 59.6 Å². The summed E-state index contributed by atoms with van der Waals surface area (Å²) >= 11 is 7.26. The lowest BCUT2D eigenvalue weighted by atomic mass is 10.2. The number of thioether (sulfide) groups is 1. The highest BCUT2D eigenvalue weighted by molar-refractivity contribution is 8.15. The Hall–Kier alpha value is -2.31. The maximum Gasteiger partial charge on any atom is 0.238 e. The van der Waals surface area contributed by atoms with Crippen LogP contribution < -0.4 is 5.32 Å². The number of halogens is 1. The first kappa shape index (κ1) is 18.5. The van der Waals surface area contributed by atoms with Crippen molar-refractivity contribution < 1.29 is 9.59 Å². The van der Waals surface area contributed by atoms with E-state index < -0.39 is 5.25 Å². The van der Waals surface area contributed by atoms with E-state index >= 15 is 0 Å². The molecular formula is C19H18ClN3O2S. The number of amidine groups is 1. The van der Waals surface area contributed by atoms with E-state index in [0.29, 0.717) is 22.4 Å². The van der Waals surface area contributed by atoms with Gasteiger partial charge in [0.2, 0.25) is 11.8 Å². The average Bonchev–Trinajstić information content (AvgIpc) is 2.62. The first-order valence-corrected chi connectivity index (χ1v) is 9.49. The van der Waals surface area contributed by atoms with Gasteiger partial charge in [-0.3, -0.25) is 14.5 Å². The van der Waals surface area contributed by atoms with E-state index in [0.717, 1.165) is 5.69 Å². The Labute approximate surface area is 161 Å². The molecule has 1 heterocycles. The Morgan fingerprint density at radius 2 is 2.04 bits per heavy atom. The fraction of sp³-hybridized carbons (Fsp3) is 0.211. The zero-order valence-electron chi connectivity index (χ0n) is 14.2. The number of hydrogen-bond donors (Lipinski definition) is 1. The molecule has 7 heteroatoms. The quantitative estimate of drug-likeness (QED) is 0.849. The van der Waals surface area contributed by atoms with Crippen molar-refractivity contribution in [1.82, 2.24) is 4.90 Å². The molecule has 2 aromatic carbocycles. The van der Waals surface area contributed by atoms with Crippen molar-refractivity contribution in [2.24, 2.45) is 4.99 Å². The second-order valence-electron chi connectivity index (χ2n) is 5.68. The van der Waals surface area contributed by atoms with Gasteiger partial charge in [-0.05, 0) is 37.3 Å². The van der Waals surface area contributed by atoms with Gasteiger partial charge in [-0.15, -0.1) is 0 Å². The lowest BCUT2D eigenvalue weighted by Gasteiger charge is -2.30. The summed E-state index contributed by atoms with van der Waals surface area (Å²) in [5.74, 6) is -0.339. The molecule has 1 saturated heterocycles. The summed E-state index contributed by atoms with van der Waals surface area (Å²) in [6, 6.07) is 16.3. The van der Waals surface area contributed by atoms with Gasteiger partial charge < -0.3 is 5.32 Å². The van der Waals surface area contributed by atoms with Crippen molar-refractivity contribution >= 4 is 51.7 Å². The van der Waals surface area contributed by atoms with Gasteiger partial charge in [0.05, 0.1) is 5.69 Å². The largest absolute Gasteiger partial charge is 0.325 e. The highest BCUT2D eigenvalue weighted by atomic mass is 35.5. The summed E-state index contributed by atoms with van der Waals surface area (Å²) in [6.07, 6.45) is 0.138. The maximum atomic E-state index is 12.6. The number of benzene rings is 2. The van der Waals surface area contributed by atoms with Crippen LogP contribution in [0.25, 0.3) is 0 Å². The standard InChI is InChI=1S/C19H18ClN3O2S/c1-2-23-17(24)12-16(18(25)21-15-10-6-7-13(20)11-15)26-19(23)22-14-8-4-3-5-9-14/h3-11,16H,2,12H2,1H3,(H,21,25). The molecule has 0 radical (unpaired) electrons. The molecule has 26 heavy (non-hydrogen) atoms. The van der Waals surface area contributed by atoms with Crippen LogP contribution in [0.3, 0.4) is 0 Å². The van der Waals surface area contributed by atoms with Crippen LogP contribution in [-0.2, 0) is 9.59 Å². The number of nitrogens with zero attached hydrogens (tertiary/aromatic N) is 2. The minimum absolute atomic E-state index is 0.104. The summed E-state index contributed by atoms with van der Waals surface area (Å²) in [5, 5.41) is 3.37. The lowest BCUT2D eigenvalue weighted by Crippen LogP contribution is -2.45. The molecule has 1 aliphatic rings. The van der Waals surface area contributed by atoms with Crippen molar-refractivity contribution in [2.75, 3.05) is 11.9 Å². The van der Waals surface area contributed by atoms with Crippen molar-refractivity contribution in [3.8, 4) is 0 Å². The summed E-state index contributed by atoms with van der Waals surface area (Å²) < 4.78 is 0. The van der Waals surface area contributed by atoms with E-state index in [2.05, 4.69) is 10.3 Å². The molecule has 0 spiro atoms. The molecule has 0 aliphatic carbocycles. The molecule has 0 aromatic heterocycles. The molecule has 1 N–H and O–H groups in total. The zero-order chi connectivity index (χ0) is 18.5. The molecular weight excluding hydrogens is 370 g/mol. The normalized spacial score (nSPS) is 18.8. The lowest BCUT2D eigenvalue weighted by molar-refractivity contribution is -0.129. The third-order valence-electron chi connectivity index (χ3n) is 3.82. The second-order valence-corrected chi connectivity index (χ2v) is 7.28. The van der Waals surface area contributed by atoms with Crippen LogP contribution in [0.5, 0.6) is 0 Å². The van der Waals surface area contributed by atoms with Crippen LogP contribution >= 0.6 is 23.4 Å². The van der Waals surface area contributed by atoms with Gasteiger partial charge in [0.15, 0.2) is 5.17 Å². The minimum Gasteiger partial charge on any atom is -0.325 e. The topological polar surface area (TPSA) is 61.8 Å². The number of rotatable bonds is 4. The predicted octanol–water partition coefficient (Wildman–Crippen LogP) is 4.32. The van der Waals surface area contributed by atoms with E-state index in [1.807, 2.05) is 37.3 Å². The summed E-state index contributed by atoms with van der Waals surface area (Å²) in [6.45, 7) is 2.41. The monoisotopic (exact) mass is 387 g/mol. The molecule has 1 atom stereocenters. The number of nitrogens with one attached hydrogen (secondary N) is 1. The SMILES string of the molecule is CCN1C(=O)CC(C(=O)Nc2cccc(Cl)c2)SC1=Nc1ccccc1. The van der Waals surface area contributed by atoms with E-state index in [-0.39, 0.29) is 18.2 Å². The third-order valence-corrected chi connectivity index (χ3v) is 5.24. The van der Waals surface area contributed by atoms with E-state index in [1.165, 1.54) is 11.8 Å². The van der Waals surface area contributed by atoms with Crippen molar-refractivity contribution in [3.63, 3.8) is 0 Å². The first-order chi connectivity index (χ1) is 12.6. The molecule has 2 aromatic rings. The Morgan fingerprint density at radius 1 is 1.27 bits per heavy atom. The highest BCUT2D eigenvalue weighted by Gasteiger charge is 2.35. The Kier molecular flexibility index (Phi) is 5.96. The van der Waals surface area contributed by atoms with Gasteiger partial charge in [0.25, 0.3) is 0 Å². The van der Waals surface area contributed by atoms with Gasteiger partial charge >= 0.3 is 0 Å². The first-order valence-electron chi connectivity index (χ1n) is 8.24. The molecule has 0 saturated carbocycles. The highest BCUT2D eigenvalue weighted by Crippen LogP contribution is 2.29. The predicted molar refractivity (Wildman–Crippen MR) is 107 cm³/mol. The molecule has 1 unspecified atom stereocenters. The molecule has 2 amide bonds. The summed E-state index contributed by atoms with van der Waals surface area (Å²) in [7, 11) is 0. The molecule has 1 aliphatic heterocycles. The Bertz CT molecular complexity index is 842. The van der Waals surface area contributed by atoms with E-state index in [4.69, 9.17) is 11.6 Å².